The van der Waals surface area contributed by atoms with E-state index in [1.165, 1.54) is 56.0 Å². The number of aromatic nitrogens is 1. The zero-order chi connectivity index (χ0) is 22.3. The Morgan fingerprint density at radius 3 is 2.59 bits per heavy atom. The molecule has 7 heteroatoms. The highest BCUT2D eigenvalue weighted by Gasteiger charge is 2.16. The molecule has 1 aromatic heterocycles. The maximum absolute atomic E-state index is 11.7. The summed E-state index contributed by atoms with van der Waals surface area (Å²) in [6, 6.07) is 12.0. The maximum Gasteiger partial charge on any atom is 0.305 e. The third-order valence-electron chi connectivity index (χ3n) is 6.28. The van der Waals surface area contributed by atoms with Crippen LogP contribution in [0.15, 0.2) is 41.2 Å². The van der Waals surface area contributed by atoms with Crippen molar-refractivity contribution >= 4 is 21.6 Å². The molecule has 6 nitrogen and oxygen atoms in total. The zero-order valence-corrected chi connectivity index (χ0v) is 19.3. The largest absolute Gasteiger partial charge is 0.506 e. The van der Waals surface area contributed by atoms with Gasteiger partial charge in [0.15, 0.2) is 0 Å². The molecule has 0 spiro atoms. The third-order valence-corrected chi connectivity index (χ3v) is 7.21. The van der Waals surface area contributed by atoms with E-state index in [0.717, 1.165) is 37.3 Å². The first-order valence-corrected chi connectivity index (χ1v) is 12.5. The number of aliphatic hydroxyl groups excluding tert-OH is 1. The third kappa shape index (κ3) is 5.98. The maximum atomic E-state index is 11.7. The Labute approximate surface area is 192 Å². The summed E-state index contributed by atoms with van der Waals surface area (Å²) in [7, 11) is 0. The number of fused-ring (bicyclic) bond motifs is 1. The Morgan fingerprint density at radius 1 is 1.06 bits per heavy atom. The second kappa shape index (κ2) is 11.1. The first-order valence-electron chi connectivity index (χ1n) is 11.6. The lowest BCUT2D eigenvalue weighted by Crippen LogP contribution is -2.27. The van der Waals surface area contributed by atoms with Gasteiger partial charge < -0.3 is 25.4 Å². The highest BCUT2D eigenvalue weighted by atomic mass is 32.1. The Kier molecular flexibility index (Phi) is 7.97. The van der Waals surface area contributed by atoms with Crippen LogP contribution in [0, 0.1) is 0 Å². The van der Waals surface area contributed by atoms with Crippen LogP contribution >= 0.6 is 11.3 Å². The summed E-state index contributed by atoms with van der Waals surface area (Å²) in [5.41, 5.74) is 3.74. The van der Waals surface area contributed by atoms with E-state index in [1.54, 1.807) is 6.07 Å². The molecule has 3 aromatic rings. The van der Waals surface area contributed by atoms with Crippen LogP contribution < -0.4 is 10.2 Å². The number of aromatic hydroxyl groups is 1. The lowest BCUT2D eigenvalue weighted by Gasteiger charge is -2.19. The smallest absolute Gasteiger partial charge is 0.305 e. The Bertz CT molecular complexity index is 1070. The van der Waals surface area contributed by atoms with E-state index >= 15 is 0 Å². The molecule has 1 unspecified atom stereocenters. The van der Waals surface area contributed by atoms with E-state index < -0.39 is 6.10 Å². The van der Waals surface area contributed by atoms with Gasteiger partial charge in [0.1, 0.15) is 11.3 Å². The molecule has 0 saturated carbocycles. The van der Waals surface area contributed by atoms with Gasteiger partial charge in [0.2, 0.25) is 0 Å². The van der Waals surface area contributed by atoms with E-state index in [0.29, 0.717) is 22.3 Å². The molecule has 2 aromatic carbocycles. The second-order valence-electron chi connectivity index (χ2n) is 8.69. The van der Waals surface area contributed by atoms with Crippen LogP contribution in [0.3, 0.4) is 0 Å². The quantitative estimate of drug-likeness (QED) is 0.371. The fourth-order valence-electron chi connectivity index (χ4n) is 4.47. The molecule has 1 fully saturated rings. The molecule has 1 atom stereocenters. The standard InChI is InChI=1S/C25H33N3O3S/c29-21-9-8-20(24-23(21)27-25(31)32-24)22(30)17-26-12-10-18-6-5-7-19(16-18)11-15-28-13-3-1-2-4-14-28/h5-9,16,22,26,29-30H,1-4,10-15,17H2,(H,27,31). The first kappa shape index (κ1) is 23.0. The van der Waals surface area contributed by atoms with Gasteiger partial charge in [-0.3, -0.25) is 4.79 Å². The number of likely N-dealkylation sites (tertiary alicyclic amines) is 1. The SMILES string of the molecule is O=c1[nH]c2c(O)ccc(C(O)CNCCc3cccc(CCN4CCCCCC4)c3)c2s1. The Morgan fingerprint density at radius 2 is 1.81 bits per heavy atom. The van der Waals surface area contributed by atoms with Crippen molar-refractivity contribution in [3.63, 3.8) is 0 Å². The molecule has 0 radical (unpaired) electrons. The summed E-state index contributed by atoms with van der Waals surface area (Å²) in [6.07, 6.45) is 6.65. The molecular weight excluding hydrogens is 422 g/mol. The van der Waals surface area contributed by atoms with Crippen molar-refractivity contribution in [2.75, 3.05) is 32.7 Å². The van der Waals surface area contributed by atoms with Gasteiger partial charge in [-0.1, -0.05) is 54.5 Å². The topological polar surface area (TPSA) is 88.6 Å². The van der Waals surface area contributed by atoms with Crippen molar-refractivity contribution in [2.24, 2.45) is 0 Å². The molecule has 172 valence electrons. The summed E-state index contributed by atoms with van der Waals surface area (Å²) in [6.45, 7) is 4.76. The van der Waals surface area contributed by atoms with Gasteiger partial charge in [0.25, 0.3) is 0 Å². The number of nitrogens with zero attached hydrogens (tertiary/aromatic N) is 1. The van der Waals surface area contributed by atoms with Gasteiger partial charge >= 0.3 is 4.87 Å². The van der Waals surface area contributed by atoms with Crippen LogP contribution in [-0.2, 0) is 12.8 Å². The number of rotatable bonds is 9. The number of benzene rings is 2. The average Bonchev–Trinajstić information content (AvgIpc) is 3.01. The monoisotopic (exact) mass is 455 g/mol. The molecule has 2 heterocycles. The van der Waals surface area contributed by atoms with Crippen LogP contribution in [0.2, 0.25) is 0 Å². The lowest BCUT2D eigenvalue weighted by atomic mass is 10.1. The van der Waals surface area contributed by atoms with Crippen molar-refractivity contribution in [2.45, 2.75) is 44.6 Å². The van der Waals surface area contributed by atoms with E-state index in [-0.39, 0.29) is 10.6 Å². The minimum atomic E-state index is -0.746. The molecule has 1 saturated heterocycles. The van der Waals surface area contributed by atoms with Crippen LogP contribution in [0.1, 0.15) is 48.5 Å². The van der Waals surface area contributed by atoms with E-state index in [1.807, 2.05) is 0 Å². The van der Waals surface area contributed by atoms with Crippen LogP contribution in [0.4, 0.5) is 0 Å². The van der Waals surface area contributed by atoms with Crippen LogP contribution in [0.25, 0.3) is 10.2 Å². The molecular formula is C25H33N3O3S. The number of aliphatic hydroxyl groups is 1. The fraction of sp³-hybridized carbons (Fsp3) is 0.480. The number of phenols is 1. The van der Waals surface area contributed by atoms with Crippen molar-refractivity contribution in [3.8, 4) is 5.75 Å². The average molecular weight is 456 g/mol. The van der Waals surface area contributed by atoms with Gasteiger partial charge in [0, 0.05) is 18.7 Å². The minimum absolute atomic E-state index is 0.0259. The number of hydrogen-bond acceptors (Lipinski definition) is 6. The molecule has 0 amide bonds. The molecule has 1 aliphatic heterocycles. The van der Waals surface area contributed by atoms with Gasteiger partial charge in [-0.05, 0) is 62.5 Å². The van der Waals surface area contributed by atoms with Crippen molar-refractivity contribution in [1.82, 2.24) is 15.2 Å². The Balaban J connectivity index is 1.25. The molecule has 4 N–H and O–H groups in total. The zero-order valence-electron chi connectivity index (χ0n) is 18.5. The first-order chi connectivity index (χ1) is 15.6. The summed E-state index contributed by atoms with van der Waals surface area (Å²) < 4.78 is 0.612. The van der Waals surface area contributed by atoms with Gasteiger partial charge in [0.05, 0.1) is 10.8 Å². The summed E-state index contributed by atoms with van der Waals surface area (Å²) >= 11 is 1.01. The Hall–Kier alpha value is -2.19. The van der Waals surface area contributed by atoms with Crippen LogP contribution in [0.5, 0.6) is 5.75 Å². The van der Waals surface area contributed by atoms with Crippen molar-refractivity contribution in [1.29, 1.82) is 0 Å². The summed E-state index contributed by atoms with van der Waals surface area (Å²) in [5.74, 6) is 0.0259. The molecule has 0 bridgehead atoms. The normalized spacial score (nSPS) is 16.3. The fourth-order valence-corrected chi connectivity index (χ4v) is 5.39. The molecule has 0 aliphatic carbocycles. The number of phenolic OH excluding ortho intramolecular Hbond substituents is 1. The van der Waals surface area contributed by atoms with E-state index in [4.69, 9.17) is 0 Å². The van der Waals surface area contributed by atoms with Crippen molar-refractivity contribution in [3.05, 3.63) is 62.8 Å². The summed E-state index contributed by atoms with van der Waals surface area (Å²) in [5, 5.41) is 23.9. The van der Waals surface area contributed by atoms with E-state index in [2.05, 4.69) is 39.5 Å². The van der Waals surface area contributed by atoms with E-state index in [9.17, 15) is 15.0 Å². The number of H-pyrrole nitrogens is 1. The predicted octanol–water partition coefficient (Wildman–Crippen LogP) is 3.58. The summed E-state index contributed by atoms with van der Waals surface area (Å²) in [4.78, 5) is 16.7. The predicted molar refractivity (Wildman–Crippen MR) is 131 cm³/mol. The highest BCUT2D eigenvalue weighted by Crippen LogP contribution is 2.31. The number of aromatic amines is 1. The van der Waals surface area contributed by atoms with Crippen molar-refractivity contribution < 1.29 is 10.2 Å². The van der Waals surface area contributed by atoms with Crippen LogP contribution in [-0.4, -0.2) is 52.8 Å². The molecule has 4 rings (SSSR count). The molecule has 1 aliphatic rings. The molecule has 32 heavy (non-hydrogen) atoms. The van der Waals surface area contributed by atoms with Gasteiger partial charge in [-0.2, -0.15) is 0 Å². The van der Waals surface area contributed by atoms with Gasteiger partial charge in [-0.25, -0.2) is 0 Å². The number of thiazole rings is 1. The minimum Gasteiger partial charge on any atom is -0.506 e. The lowest BCUT2D eigenvalue weighted by molar-refractivity contribution is 0.176. The second-order valence-corrected chi connectivity index (χ2v) is 9.67. The van der Waals surface area contributed by atoms with Gasteiger partial charge in [-0.15, -0.1) is 0 Å². The number of nitrogens with one attached hydrogen (secondary N) is 2. The number of hydrogen-bond donors (Lipinski definition) is 4. The highest BCUT2D eigenvalue weighted by molar-refractivity contribution is 7.16.